The molecule has 1 unspecified atom stereocenters. The second kappa shape index (κ2) is 6.71. The van der Waals surface area contributed by atoms with Crippen LogP contribution in [0.1, 0.15) is 19.3 Å². The lowest BCUT2D eigenvalue weighted by molar-refractivity contribution is 0.118. The molecule has 2 rings (SSSR count). The molecule has 0 radical (unpaired) electrons. The van der Waals surface area contributed by atoms with Gasteiger partial charge in [-0.3, -0.25) is 4.90 Å². The van der Waals surface area contributed by atoms with Crippen LogP contribution in [-0.2, 0) is 0 Å². The molecule has 100 valence electrons. The minimum Gasteiger partial charge on any atom is -0.492 e. The fourth-order valence-corrected chi connectivity index (χ4v) is 2.36. The molecule has 1 aromatic rings. The quantitative estimate of drug-likeness (QED) is 0.871. The third-order valence-corrected chi connectivity index (χ3v) is 3.42. The maximum atomic E-state index is 13.0. The van der Waals surface area contributed by atoms with E-state index in [0.29, 0.717) is 18.9 Å². The molecular weight excluding hydrogens is 231 g/mol. The summed E-state index contributed by atoms with van der Waals surface area (Å²) in [5.41, 5.74) is 5.80. The van der Waals surface area contributed by atoms with Crippen molar-refractivity contribution in [3.05, 3.63) is 30.1 Å². The SMILES string of the molecule is NCC(COc1cccc(F)c1)N1CCCCC1. The standard InChI is InChI=1S/C14H21FN2O/c15-12-5-4-6-14(9-12)18-11-13(10-16)17-7-2-1-3-8-17/h4-6,9,13H,1-3,7-8,10-11,16H2. The maximum Gasteiger partial charge on any atom is 0.126 e. The van der Waals surface area contributed by atoms with Crippen LogP contribution in [0.5, 0.6) is 5.75 Å². The van der Waals surface area contributed by atoms with Gasteiger partial charge in [0.1, 0.15) is 18.2 Å². The first-order valence-corrected chi connectivity index (χ1v) is 6.62. The average Bonchev–Trinajstić information content (AvgIpc) is 2.41. The summed E-state index contributed by atoms with van der Waals surface area (Å²) in [4.78, 5) is 2.38. The Hall–Kier alpha value is -1.13. The van der Waals surface area contributed by atoms with E-state index >= 15 is 0 Å². The molecule has 0 bridgehead atoms. The Morgan fingerprint density at radius 3 is 2.72 bits per heavy atom. The number of likely N-dealkylation sites (tertiary alicyclic amines) is 1. The first kappa shape index (κ1) is 13.3. The van der Waals surface area contributed by atoms with E-state index in [1.54, 1.807) is 12.1 Å². The van der Waals surface area contributed by atoms with Crippen LogP contribution in [0, 0.1) is 5.82 Å². The minimum absolute atomic E-state index is 0.230. The van der Waals surface area contributed by atoms with E-state index in [0.717, 1.165) is 13.1 Å². The Balaban J connectivity index is 1.86. The number of ether oxygens (including phenoxy) is 1. The lowest BCUT2D eigenvalue weighted by atomic mass is 10.1. The van der Waals surface area contributed by atoms with Gasteiger partial charge in [-0.1, -0.05) is 12.5 Å². The summed E-state index contributed by atoms with van der Waals surface area (Å²) < 4.78 is 18.6. The predicted molar refractivity (Wildman–Crippen MR) is 70.2 cm³/mol. The van der Waals surface area contributed by atoms with Gasteiger partial charge in [-0.15, -0.1) is 0 Å². The van der Waals surface area contributed by atoms with Crippen LogP contribution in [-0.4, -0.2) is 37.2 Å². The van der Waals surface area contributed by atoms with E-state index in [4.69, 9.17) is 10.5 Å². The van der Waals surface area contributed by atoms with Crippen molar-refractivity contribution in [2.75, 3.05) is 26.2 Å². The third-order valence-electron chi connectivity index (χ3n) is 3.42. The number of nitrogens with two attached hydrogens (primary N) is 1. The Bertz CT molecular complexity index is 367. The van der Waals surface area contributed by atoms with Crippen LogP contribution in [0.4, 0.5) is 4.39 Å². The Morgan fingerprint density at radius 1 is 1.28 bits per heavy atom. The number of rotatable bonds is 5. The molecule has 1 aromatic carbocycles. The van der Waals surface area contributed by atoms with Gasteiger partial charge in [0.2, 0.25) is 0 Å². The zero-order valence-corrected chi connectivity index (χ0v) is 10.6. The summed E-state index contributed by atoms with van der Waals surface area (Å²) in [7, 11) is 0. The Morgan fingerprint density at radius 2 is 2.06 bits per heavy atom. The molecule has 0 aromatic heterocycles. The number of benzene rings is 1. The van der Waals surface area contributed by atoms with Crippen molar-refractivity contribution in [2.45, 2.75) is 25.3 Å². The largest absolute Gasteiger partial charge is 0.492 e. The van der Waals surface area contributed by atoms with Crippen molar-refractivity contribution in [3.63, 3.8) is 0 Å². The summed E-state index contributed by atoms with van der Waals surface area (Å²) in [6, 6.07) is 6.48. The van der Waals surface area contributed by atoms with E-state index in [2.05, 4.69) is 4.90 Å². The minimum atomic E-state index is -0.269. The first-order valence-electron chi connectivity index (χ1n) is 6.62. The van der Waals surface area contributed by atoms with Gasteiger partial charge in [0, 0.05) is 12.6 Å². The molecule has 18 heavy (non-hydrogen) atoms. The average molecular weight is 252 g/mol. The van der Waals surface area contributed by atoms with Gasteiger partial charge in [-0.2, -0.15) is 0 Å². The summed E-state index contributed by atoms with van der Waals surface area (Å²) in [6.45, 7) is 3.29. The van der Waals surface area contributed by atoms with Crippen LogP contribution in [0.25, 0.3) is 0 Å². The van der Waals surface area contributed by atoms with E-state index in [9.17, 15) is 4.39 Å². The summed E-state index contributed by atoms with van der Waals surface area (Å²) in [5.74, 6) is 0.306. The molecule has 0 amide bonds. The number of nitrogens with zero attached hydrogens (tertiary/aromatic N) is 1. The second-order valence-electron chi connectivity index (χ2n) is 4.75. The van der Waals surface area contributed by atoms with Crippen LogP contribution >= 0.6 is 0 Å². The third kappa shape index (κ3) is 3.68. The smallest absolute Gasteiger partial charge is 0.126 e. The molecule has 0 spiro atoms. The van der Waals surface area contributed by atoms with Gasteiger partial charge in [0.05, 0.1) is 6.04 Å². The normalized spacial score (nSPS) is 18.6. The van der Waals surface area contributed by atoms with Gasteiger partial charge < -0.3 is 10.5 Å². The first-order chi connectivity index (χ1) is 8.79. The molecule has 1 aliphatic rings. The van der Waals surface area contributed by atoms with Crippen molar-refractivity contribution >= 4 is 0 Å². The maximum absolute atomic E-state index is 13.0. The summed E-state index contributed by atoms with van der Waals surface area (Å²) in [6.07, 6.45) is 3.77. The zero-order valence-electron chi connectivity index (χ0n) is 10.6. The van der Waals surface area contributed by atoms with Crippen molar-refractivity contribution in [1.29, 1.82) is 0 Å². The van der Waals surface area contributed by atoms with Crippen molar-refractivity contribution in [2.24, 2.45) is 5.73 Å². The highest BCUT2D eigenvalue weighted by Crippen LogP contribution is 2.15. The van der Waals surface area contributed by atoms with E-state index in [1.165, 1.54) is 31.4 Å². The van der Waals surface area contributed by atoms with Gasteiger partial charge in [-0.25, -0.2) is 4.39 Å². The molecule has 4 heteroatoms. The molecule has 1 heterocycles. The topological polar surface area (TPSA) is 38.5 Å². The van der Waals surface area contributed by atoms with Crippen LogP contribution in [0.15, 0.2) is 24.3 Å². The van der Waals surface area contributed by atoms with Crippen molar-refractivity contribution in [1.82, 2.24) is 4.90 Å². The highest BCUT2D eigenvalue weighted by Gasteiger charge is 2.19. The van der Waals surface area contributed by atoms with Crippen LogP contribution in [0.3, 0.4) is 0 Å². The lowest BCUT2D eigenvalue weighted by Crippen LogP contribution is -2.46. The second-order valence-corrected chi connectivity index (χ2v) is 4.75. The number of piperidine rings is 1. The lowest BCUT2D eigenvalue weighted by Gasteiger charge is -2.33. The Labute approximate surface area is 108 Å². The fourth-order valence-electron chi connectivity index (χ4n) is 2.36. The highest BCUT2D eigenvalue weighted by molar-refractivity contribution is 5.22. The van der Waals surface area contributed by atoms with Gasteiger partial charge in [-0.05, 0) is 38.1 Å². The summed E-state index contributed by atoms with van der Waals surface area (Å²) >= 11 is 0. The fraction of sp³-hybridized carbons (Fsp3) is 0.571. The Kier molecular flexibility index (Phi) is 4.96. The number of halogens is 1. The number of hydrogen-bond donors (Lipinski definition) is 1. The number of hydrogen-bond acceptors (Lipinski definition) is 3. The molecule has 2 N–H and O–H groups in total. The van der Waals surface area contributed by atoms with Crippen LogP contribution < -0.4 is 10.5 Å². The van der Waals surface area contributed by atoms with E-state index in [-0.39, 0.29) is 11.9 Å². The molecule has 1 fully saturated rings. The van der Waals surface area contributed by atoms with Crippen molar-refractivity contribution in [3.8, 4) is 5.75 Å². The molecular formula is C14H21FN2O. The van der Waals surface area contributed by atoms with Gasteiger partial charge in [0.25, 0.3) is 0 Å². The van der Waals surface area contributed by atoms with Crippen LogP contribution in [0.2, 0.25) is 0 Å². The van der Waals surface area contributed by atoms with Gasteiger partial charge >= 0.3 is 0 Å². The zero-order chi connectivity index (χ0) is 12.8. The molecule has 1 aliphatic heterocycles. The van der Waals surface area contributed by atoms with E-state index in [1.807, 2.05) is 0 Å². The molecule has 3 nitrogen and oxygen atoms in total. The predicted octanol–water partition coefficient (Wildman–Crippen LogP) is 2.02. The molecule has 1 saturated heterocycles. The highest BCUT2D eigenvalue weighted by atomic mass is 19.1. The van der Waals surface area contributed by atoms with Gasteiger partial charge in [0.15, 0.2) is 0 Å². The monoisotopic (exact) mass is 252 g/mol. The molecule has 0 aliphatic carbocycles. The molecule has 0 saturated carbocycles. The van der Waals surface area contributed by atoms with E-state index < -0.39 is 0 Å². The molecule has 1 atom stereocenters. The summed E-state index contributed by atoms with van der Waals surface area (Å²) in [5, 5.41) is 0. The van der Waals surface area contributed by atoms with Crippen molar-refractivity contribution < 1.29 is 9.13 Å².